The summed E-state index contributed by atoms with van der Waals surface area (Å²) in [5.74, 6) is 0. The van der Waals surface area contributed by atoms with Gasteiger partial charge in [-0.2, -0.15) is 0 Å². The monoisotopic (exact) mass is 865 g/mol. The second-order valence-corrected chi connectivity index (χ2v) is 20.7. The maximum absolute atomic E-state index is 3.67. The van der Waals surface area contributed by atoms with Crippen molar-refractivity contribution >= 4 is 159 Å². The Kier molecular flexibility index (Phi) is 9.00. The Morgan fingerprint density at radius 3 is 1.19 bits per heavy atom. The number of hydrogen-bond acceptors (Lipinski definition) is 0. The maximum Gasteiger partial charge on any atom is 0.135 e. The van der Waals surface area contributed by atoms with Crippen molar-refractivity contribution in [2.75, 3.05) is 0 Å². The molecule has 0 aliphatic rings. The first-order valence-corrected chi connectivity index (χ1v) is 11.7. The van der Waals surface area contributed by atoms with Crippen molar-refractivity contribution in [1.82, 2.24) is 0 Å². The first-order chi connectivity index (χ1) is 6.69. The summed E-state index contributed by atoms with van der Waals surface area (Å²) in [6, 6.07) is 0. The second-order valence-electron chi connectivity index (χ2n) is 2.96. The second kappa shape index (κ2) is 6.92. The lowest BCUT2D eigenvalue weighted by molar-refractivity contribution is 0.688. The smallest absolute Gasteiger partial charge is 0.0739 e. The normalized spacial score (nSPS) is 15.8. The van der Waals surface area contributed by atoms with Crippen LogP contribution in [-0.4, -0.2) is 16.7 Å². The van der Waals surface area contributed by atoms with Crippen LogP contribution in [0.4, 0.5) is 0 Å². The minimum Gasteiger partial charge on any atom is -0.0739 e. The van der Waals surface area contributed by atoms with Gasteiger partial charge in [0.15, 0.2) is 0 Å². The summed E-state index contributed by atoms with van der Waals surface area (Å²) >= 11 is 36.0. The van der Waals surface area contributed by atoms with Gasteiger partial charge < -0.3 is 0 Å². The molecule has 0 saturated carbocycles. The summed E-state index contributed by atoms with van der Waals surface area (Å²) in [6.07, 6.45) is 0. The number of halogens is 10. The Balaban J connectivity index is 5.53. The van der Waals surface area contributed by atoms with E-state index in [0.29, 0.717) is 0 Å². The molecule has 0 heterocycles. The Morgan fingerprint density at radius 2 is 1.00 bits per heavy atom. The lowest BCUT2D eigenvalue weighted by atomic mass is 10.2. The summed E-state index contributed by atoms with van der Waals surface area (Å²) in [6.45, 7) is 1.97. The summed E-state index contributed by atoms with van der Waals surface area (Å²) in [5.41, 5.74) is 0. The third kappa shape index (κ3) is 4.17. The molecule has 0 bridgehead atoms. The molecule has 0 N–H and O–H groups in total. The fourth-order valence-corrected chi connectivity index (χ4v) is 7.73. The van der Waals surface area contributed by atoms with E-state index in [1.165, 1.54) is 0 Å². The van der Waals surface area contributed by atoms with Gasteiger partial charge in [-0.3, -0.25) is 0 Å². The predicted octanol–water partition coefficient (Wildman–Crippen LogP) is 8.07. The average Bonchev–Trinajstić information content (AvgIpc) is 2.00. The van der Waals surface area contributed by atoms with Gasteiger partial charge in [0.05, 0.1) is 3.74 Å². The number of rotatable bonds is 4. The van der Waals surface area contributed by atoms with E-state index in [2.05, 4.69) is 159 Å². The van der Waals surface area contributed by atoms with Crippen molar-refractivity contribution in [3.63, 3.8) is 0 Å². The third-order valence-electron chi connectivity index (χ3n) is 1.64. The van der Waals surface area contributed by atoms with Gasteiger partial charge in [0.1, 0.15) is 12.9 Å². The molecule has 0 rings (SSSR count). The van der Waals surface area contributed by atoms with Gasteiger partial charge in [-0.05, 0) is 6.92 Å². The molecule has 0 nitrogen and oxygen atoms in total. The summed E-state index contributed by atoms with van der Waals surface area (Å²) in [5, 5.41) is 0. The minimum atomic E-state index is -0.598. The van der Waals surface area contributed by atoms with E-state index in [0.717, 1.165) is 0 Å². The molecule has 16 heavy (non-hydrogen) atoms. The Morgan fingerprint density at radius 1 is 0.688 bits per heavy atom. The molecule has 0 radical (unpaired) electrons. The highest BCUT2D eigenvalue weighted by atomic mass is 79.9. The highest BCUT2D eigenvalue weighted by molar-refractivity contribution is 9.35. The molecular weight excluding hydrogens is 871 g/mol. The molecule has 0 unspecified atom stereocenters. The van der Waals surface area contributed by atoms with Crippen molar-refractivity contribution in [1.29, 1.82) is 0 Å². The molecule has 0 amide bonds. The third-order valence-corrected chi connectivity index (χ3v) is 20.4. The van der Waals surface area contributed by atoms with E-state index in [1.807, 2.05) is 6.92 Å². The van der Waals surface area contributed by atoms with Crippen LogP contribution in [0.25, 0.3) is 0 Å². The molecular formula is C6H4Br10. The lowest BCUT2D eigenvalue weighted by Gasteiger charge is -2.48. The van der Waals surface area contributed by atoms with Gasteiger partial charge in [0.25, 0.3) is 0 Å². The van der Waals surface area contributed by atoms with Crippen molar-refractivity contribution < 1.29 is 0 Å². The lowest BCUT2D eigenvalue weighted by Crippen LogP contribution is -2.56. The number of hydrogen-bond donors (Lipinski definition) is 0. The first kappa shape index (κ1) is 20.8. The van der Waals surface area contributed by atoms with Gasteiger partial charge >= 0.3 is 0 Å². The van der Waals surface area contributed by atoms with Gasteiger partial charge in [-0.15, -0.1) is 0 Å². The first-order valence-electron chi connectivity index (χ1n) is 3.49. The topological polar surface area (TPSA) is 0 Å². The zero-order valence-corrected chi connectivity index (χ0v) is 23.2. The zero-order valence-electron chi connectivity index (χ0n) is 7.36. The SMILES string of the molecule is CC(Br)(Br)C(Br)(Br)C(Br)(Br)C(Br)(Br)C(Br)Br. The van der Waals surface area contributed by atoms with Crippen LogP contribution in [0.5, 0.6) is 0 Å². The van der Waals surface area contributed by atoms with E-state index >= 15 is 0 Å². The minimum absolute atomic E-state index is 0.0388. The Labute approximate surface area is 179 Å². The molecule has 0 aromatic carbocycles. The summed E-state index contributed by atoms with van der Waals surface area (Å²) < 4.78 is -2.14. The molecule has 0 aromatic heterocycles. The van der Waals surface area contributed by atoms with Crippen LogP contribution in [0.15, 0.2) is 0 Å². The van der Waals surface area contributed by atoms with Gasteiger partial charge in [-0.25, -0.2) is 0 Å². The molecule has 10 heteroatoms. The summed E-state index contributed by atoms with van der Waals surface area (Å²) in [7, 11) is 0. The van der Waals surface area contributed by atoms with Gasteiger partial charge in [-0.1, -0.05) is 159 Å². The van der Waals surface area contributed by atoms with E-state index in [1.54, 1.807) is 0 Å². The Hall–Kier alpha value is 4.80. The molecule has 0 aliphatic carbocycles. The molecule has 0 aromatic rings. The van der Waals surface area contributed by atoms with Crippen LogP contribution in [0.2, 0.25) is 0 Å². The van der Waals surface area contributed by atoms with Crippen LogP contribution < -0.4 is 0 Å². The number of alkyl halides is 10. The van der Waals surface area contributed by atoms with Gasteiger partial charge in [0.2, 0.25) is 0 Å². The van der Waals surface area contributed by atoms with E-state index in [4.69, 9.17) is 0 Å². The fourth-order valence-electron chi connectivity index (χ4n) is 0.622. The average molecular weight is 875 g/mol. The van der Waals surface area contributed by atoms with Crippen LogP contribution in [-0.2, 0) is 0 Å². The fraction of sp³-hybridized carbons (Fsp3) is 1.00. The quantitative estimate of drug-likeness (QED) is 0.251. The van der Waals surface area contributed by atoms with E-state index in [-0.39, 0.29) is 3.74 Å². The highest BCUT2D eigenvalue weighted by Gasteiger charge is 2.65. The van der Waals surface area contributed by atoms with Crippen LogP contribution in [0, 0.1) is 0 Å². The van der Waals surface area contributed by atoms with Crippen LogP contribution in [0.3, 0.4) is 0 Å². The molecule has 98 valence electrons. The molecule has 0 atom stereocenters. The van der Waals surface area contributed by atoms with Crippen molar-refractivity contribution in [3.8, 4) is 0 Å². The van der Waals surface area contributed by atoms with Crippen LogP contribution in [0.1, 0.15) is 6.92 Å². The maximum atomic E-state index is 3.67. The van der Waals surface area contributed by atoms with Crippen molar-refractivity contribution in [2.24, 2.45) is 0 Å². The predicted molar refractivity (Wildman–Crippen MR) is 110 cm³/mol. The van der Waals surface area contributed by atoms with E-state index < -0.39 is 12.9 Å². The molecule has 0 fully saturated rings. The molecule has 0 aliphatic heterocycles. The van der Waals surface area contributed by atoms with Crippen molar-refractivity contribution in [2.45, 2.75) is 23.6 Å². The van der Waals surface area contributed by atoms with Crippen molar-refractivity contribution in [3.05, 3.63) is 0 Å². The highest BCUT2D eigenvalue weighted by Crippen LogP contribution is 2.68. The Bertz CT molecular complexity index is 249. The molecule has 0 saturated heterocycles. The van der Waals surface area contributed by atoms with Crippen LogP contribution >= 0.6 is 159 Å². The zero-order chi connectivity index (χ0) is 13.6. The standard InChI is InChI=1S/C6H4Br10/c1-3(9,10)5(13,14)6(15,16)4(11,12)2(7)8/h2H,1H3. The largest absolute Gasteiger partial charge is 0.135 e. The van der Waals surface area contributed by atoms with E-state index in [9.17, 15) is 0 Å². The summed E-state index contributed by atoms with van der Waals surface area (Å²) in [4.78, 5) is 0. The van der Waals surface area contributed by atoms with Gasteiger partial charge in [0, 0.05) is 0 Å². The molecule has 0 spiro atoms.